The summed E-state index contributed by atoms with van der Waals surface area (Å²) in [4.78, 5) is 2.14. The monoisotopic (exact) mass is 304 g/mol. The Morgan fingerprint density at radius 2 is 1.91 bits per heavy atom. The fourth-order valence-electron chi connectivity index (χ4n) is 2.36. The molecule has 120 valence electrons. The highest BCUT2D eigenvalue weighted by Gasteiger charge is 2.16. The highest BCUT2D eigenvalue weighted by atomic mass is 16.5. The van der Waals surface area contributed by atoms with E-state index >= 15 is 0 Å². The normalized spacial score (nSPS) is 12.4. The lowest BCUT2D eigenvalue weighted by Gasteiger charge is -2.22. The molecule has 0 saturated carbocycles. The molecule has 1 heterocycles. The third-order valence-corrected chi connectivity index (χ3v) is 3.61. The van der Waals surface area contributed by atoms with E-state index < -0.39 is 0 Å². The van der Waals surface area contributed by atoms with Crippen LogP contribution in [0.25, 0.3) is 0 Å². The van der Waals surface area contributed by atoms with Crippen LogP contribution in [-0.4, -0.2) is 39.8 Å². The van der Waals surface area contributed by atoms with Gasteiger partial charge in [-0.15, -0.1) is 0 Å². The van der Waals surface area contributed by atoms with E-state index in [1.165, 1.54) is 0 Å². The zero-order chi connectivity index (χ0) is 15.9. The van der Waals surface area contributed by atoms with Gasteiger partial charge in [0.2, 0.25) is 0 Å². The molecule has 0 radical (unpaired) electrons. The second kappa shape index (κ2) is 7.87. The predicted octanol–water partition coefficient (Wildman–Crippen LogP) is 2.69. The molecule has 2 aromatic rings. The van der Waals surface area contributed by atoms with Crippen molar-refractivity contribution in [3.63, 3.8) is 0 Å². The van der Waals surface area contributed by atoms with Crippen LogP contribution in [0.2, 0.25) is 0 Å². The minimum Gasteiger partial charge on any atom is -0.493 e. The summed E-state index contributed by atoms with van der Waals surface area (Å²) in [5, 5.41) is 3.46. The summed E-state index contributed by atoms with van der Waals surface area (Å²) in [6.45, 7) is 1.56. The zero-order valence-corrected chi connectivity index (χ0v) is 13.6. The maximum Gasteiger partial charge on any atom is 0.161 e. The van der Waals surface area contributed by atoms with Gasteiger partial charge in [-0.05, 0) is 43.9 Å². The van der Waals surface area contributed by atoms with Gasteiger partial charge in [0.05, 0.1) is 26.5 Å². The maximum absolute atomic E-state index is 5.51. The highest BCUT2D eigenvalue weighted by molar-refractivity contribution is 5.42. The van der Waals surface area contributed by atoms with Gasteiger partial charge in [-0.25, -0.2) is 0 Å². The molecule has 0 aliphatic rings. The van der Waals surface area contributed by atoms with E-state index in [4.69, 9.17) is 13.9 Å². The molecule has 0 aliphatic heterocycles. The van der Waals surface area contributed by atoms with E-state index in [0.29, 0.717) is 0 Å². The molecule has 1 unspecified atom stereocenters. The molecule has 22 heavy (non-hydrogen) atoms. The molecule has 5 heteroatoms. The van der Waals surface area contributed by atoms with Crippen molar-refractivity contribution in [1.29, 1.82) is 0 Å². The largest absolute Gasteiger partial charge is 0.493 e. The third-order valence-electron chi connectivity index (χ3n) is 3.61. The van der Waals surface area contributed by atoms with Crippen molar-refractivity contribution in [2.75, 3.05) is 34.9 Å². The van der Waals surface area contributed by atoms with E-state index in [-0.39, 0.29) is 6.04 Å². The summed E-state index contributed by atoms with van der Waals surface area (Å²) in [7, 11) is 7.38. The molecule has 1 atom stereocenters. The van der Waals surface area contributed by atoms with Crippen molar-refractivity contribution >= 4 is 0 Å². The van der Waals surface area contributed by atoms with E-state index in [9.17, 15) is 0 Å². The van der Waals surface area contributed by atoms with Crippen molar-refractivity contribution in [2.45, 2.75) is 12.6 Å². The number of furan rings is 1. The van der Waals surface area contributed by atoms with Crippen LogP contribution in [0, 0.1) is 0 Å². The van der Waals surface area contributed by atoms with Crippen molar-refractivity contribution in [2.24, 2.45) is 0 Å². The molecular formula is C17H24N2O3. The third kappa shape index (κ3) is 4.02. The van der Waals surface area contributed by atoms with E-state index in [1.807, 2.05) is 44.4 Å². The number of hydrogen-bond donors (Lipinski definition) is 1. The molecule has 5 nitrogen and oxygen atoms in total. The molecule has 1 aromatic carbocycles. The Labute approximate surface area is 131 Å². The quantitative estimate of drug-likeness (QED) is 0.812. The fourth-order valence-corrected chi connectivity index (χ4v) is 2.36. The molecule has 1 N–H and O–H groups in total. The Hall–Kier alpha value is -1.98. The second-order valence-electron chi connectivity index (χ2n) is 5.32. The second-order valence-corrected chi connectivity index (χ2v) is 5.32. The van der Waals surface area contributed by atoms with E-state index in [2.05, 4.69) is 10.2 Å². The van der Waals surface area contributed by atoms with Crippen LogP contribution < -0.4 is 14.8 Å². The number of benzene rings is 1. The summed E-state index contributed by atoms with van der Waals surface area (Å²) >= 11 is 0. The van der Waals surface area contributed by atoms with E-state index in [0.717, 1.165) is 35.9 Å². The van der Waals surface area contributed by atoms with Crippen LogP contribution >= 0.6 is 0 Å². The lowest BCUT2D eigenvalue weighted by Crippen LogP contribution is -2.30. The van der Waals surface area contributed by atoms with Gasteiger partial charge in [0.25, 0.3) is 0 Å². The number of ether oxygens (including phenoxy) is 2. The van der Waals surface area contributed by atoms with Crippen LogP contribution in [0.3, 0.4) is 0 Å². The maximum atomic E-state index is 5.51. The molecule has 0 amide bonds. The smallest absolute Gasteiger partial charge is 0.161 e. The van der Waals surface area contributed by atoms with Crippen LogP contribution in [0.15, 0.2) is 41.0 Å². The predicted molar refractivity (Wildman–Crippen MR) is 86.4 cm³/mol. The topological polar surface area (TPSA) is 46.9 Å². The van der Waals surface area contributed by atoms with Gasteiger partial charge in [-0.1, -0.05) is 6.07 Å². The van der Waals surface area contributed by atoms with Crippen molar-refractivity contribution in [1.82, 2.24) is 10.2 Å². The van der Waals surface area contributed by atoms with Gasteiger partial charge in [0.15, 0.2) is 11.5 Å². The first kappa shape index (κ1) is 16.4. The van der Waals surface area contributed by atoms with E-state index in [1.54, 1.807) is 20.5 Å². The lowest BCUT2D eigenvalue weighted by atomic mass is 10.1. The number of hydrogen-bond acceptors (Lipinski definition) is 5. The average Bonchev–Trinajstić information content (AvgIpc) is 3.04. The van der Waals surface area contributed by atoms with Crippen LogP contribution in [0.4, 0.5) is 0 Å². The first-order valence-electron chi connectivity index (χ1n) is 7.27. The van der Waals surface area contributed by atoms with Crippen molar-refractivity contribution < 1.29 is 13.9 Å². The number of nitrogens with one attached hydrogen (secondary N) is 1. The Morgan fingerprint density at radius 1 is 1.14 bits per heavy atom. The van der Waals surface area contributed by atoms with Gasteiger partial charge in [0.1, 0.15) is 5.76 Å². The molecular weight excluding hydrogens is 280 g/mol. The summed E-state index contributed by atoms with van der Waals surface area (Å²) in [6.07, 6.45) is 1.71. The average molecular weight is 304 g/mol. The van der Waals surface area contributed by atoms with Crippen LogP contribution in [0.5, 0.6) is 11.5 Å². The number of rotatable bonds is 8. The summed E-state index contributed by atoms with van der Waals surface area (Å²) in [6, 6.07) is 10.1. The summed E-state index contributed by atoms with van der Waals surface area (Å²) in [5.41, 5.74) is 1.15. The molecule has 0 spiro atoms. The Balaban J connectivity index is 1.95. The van der Waals surface area contributed by atoms with Gasteiger partial charge in [0, 0.05) is 13.1 Å². The van der Waals surface area contributed by atoms with Crippen molar-refractivity contribution in [3.8, 4) is 11.5 Å². The van der Waals surface area contributed by atoms with Crippen LogP contribution in [-0.2, 0) is 6.54 Å². The number of methoxy groups -OCH3 is 2. The Morgan fingerprint density at radius 3 is 2.50 bits per heavy atom. The Bertz CT molecular complexity index is 567. The minimum absolute atomic E-state index is 0.204. The molecule has 0 aliphatic carbocycles. The molecule has 0 bridgehead atoms. The standard InChI is InChI=1S/C17H24N2O3/c1-19(2)14(15-6-5-9-22-15)12-18-11-13-7-8-16(20-3)17(10-13)21-4/h5-10,14,18H,11-12H2,1-4H3. The molecule has 0 saturated heterocycles. The molecule has 0 fully saturated rings. The Kier molecular flexibility index (Phi) is 5.86. The molecule has 1 aromatic heterocycles. The zero-order valence-electron chi connectivity index (χ0n) is 13.6. The van der Waals surface area contributed by atoms with Gasteiger partial charge in [-0.2, -0.15) is 0 Å². The van der Waals surface area contributed by atoms with Crippen molar-refractivity contribution in [3.05, 3.63) is 47.9 Å². The van der Waals surface area contributed by atoms with Gasteiger partial charge in [-0.3, -0.25) is 4.90 Å². The first-order valence-corrected chi connectivity index (χ1v) is 7.27. The highest BCUT2D eigenvalue weighted by Crippen LogP contribution is 2.27. The van der Waals surface area contributed by atoms with Gasteiger partial charge < -0.3 is 19.2 Å². The first-order chi connectivity index (χ1) is 10.7. The van der Waals surface area contributed by atoms with Crippen LogP contribution in [0.1, 0.15) is 17.4 Å². The van der Waals surface area contributed by atoms with Gasteiger partial charge >= 0.3 is 0 Å². The number of nitrogens with zero attached hydrogens (tertiary/aromatic N) is 1. The summed E-state index contributed by atoms with van der Waals surface area (Å²) in [5.74, 6) is 2.45. The lowest BCUT2D eigenvalue weighted by molar-refractivity contribution is 0.250. The number of likely N-dealkylation sites (N-methyl/N-ethyl adjacent to an activating group) is 1. The minimum atomic E-state index is 0.204. The molecule has 2 rings (SSSR count). The SMILES string of the molecule is COc1ccc(CNCC(c2ccco2)N(C)C)cc1OC. The summed E-state index contributed by atoms with van der Waals surface area (Å²) < 4.78 is 16.1. The fraction of sp³-hybridized carbons (Fsp3) is 0.412.